The number of methoxy groups -OCH3 is 1. The van der Waals surface area contributed by atoms with Crippen LogP contribution in [0.15, 0.2) is 18.6 Å². The van der Waals surface area contributed by atoms with Gasteiger partial charge >= 0.3 is 0 Å². The first-order chi connectivity index (χ1) is 9.20. The number of ether oxygens (including phenoxy) is 1. The molecule has 0 aromatic carbocycles. The lowest BCUT2D eigenvalue weighted by Crippen LogP contribution is -2.13. The molecule has 2 aromatic rings. The maximum atomic E-state index is 5.29. The summed E-state index contributed by atoms with van der Waals surface area (Å²) in [6.45, 7) is 1.40. The Balaban J connectivity index is 1.95. The topological polar surface area (TPSA) is 63.2 Å². The van der Waals surface area contributed by atoms with Crippen LogP contribution in [0.5, 0.6) is 5.88 Å². The highest BCUT2D eigenvalue weighted by molar-refractivity contribution is 7.15. The monoisotopic (exact) mass is 279 g/mol. The van der Waals surface area contributed by atoms with Gasteiger partial charge < -0.3 is 15.0 Å². The quantitative estimate of drug-likeness (QED) is 0.860. The minimum atomic E-state index is 0.684. The van der Waals surface area contributed by atoms with Crippen molar-refractivity contribution < 1.29 is 4.74 Å². The van der Waals surface area contributed by atoms with Gasteiger partial charge in [0.05, 0.1) is 17.7 Å². The molecule has 2 aromatic heterocycles. The smallest absolute Gasteiger partial charge is 0.230 e. The van der Waals surface area contributed by atoms with Gasteiger partial charge in [-0.15, -0.1) is 0 Å². The zero-order valence-corrected chi connectivity index (χ0v) is 12.1. The van der Waals surface area contributed by atoms with Crippen molar-refractivity contribution in [3.63, 3.8) is 0 Å². The van der Waals surface area contributed by atoms with E-state index in [9.17, 15) is 0 Å². The Kier molecular flexibility index (Phi) is 4.64. The van der Waals surface area contributed by atoms with Crippen molar-refractivity contribution in [2.45, 2.75) is 13.1 Å². The fourth-order valence-corrected chi connectivity index (χ4v) is 2.44. The van der Waals surface area contributed by atoms with Gasteiger partial charge in [0, 0.05) is 33.4 Å². The number of hydrogen-bond donors (Lipinski definition) is 1. The number of anilines is 1. The van der Waals surface area contributed by atoms with Gasteiger partial charge in [0.15, 0.2) is 5.13 Å². The molecule has 2 heterocycles. The number of thiazole rings is 1. The summed E-state index contributed by atoms with van der Waals surface area (Å²) in [6.07, 6.45) is 3.29. The number of nitrogens with one attached hydrogen (secondary N) is 1. The third-order valence-electron chi connectivity index (χ3n) is 2.46. The lowest BCUT2D eigenvalue weighted by Gasteiger charge is -2.05. The Labute approximate surface area is 116 Å². The molecule has 0 unspecified atom stereocenters. The van der Waals surface area contributed by atoms with Gasteiger partial charge in [0.2, 0.25) is 5.88 Å². The molecule has 2 rings (SSSR count). The van der Waals surface area contributed by atoms with Gasteiger partial charge in [-0.1, -0.05) is 11.3 Å². The van der Waals surface area contributed by atoms with Crippen LogP contribution in [0.4, 0.5) is 5.13 Å². The minimum absolute atomic E-state index is 0.684. The lowest BCUT2D eigenvalue weighted by atomic mass is 10.4. The predicted octanol–water partition coefficient (Wildman–Crippen LogP) is 1.30. The average molecular weight is 279 g/mol. The summed E-state index contributed by atoms with van der Waals surface area (Å²) in [5, 5.41) is 4.27. The van der Waals surface area contributed by atoms with E-state index in [2.05, 4.69) is 20.3 Å². The number of rotatable bonds is 6. The summed E-state index contributed by atoms with van der Waals surface area (Å²) < 4.78 is 5.29. The predicted molar refractivity (Wildman–Crippen MR) is 75.6 cm³/mol. The standard InChI is InChI=1S/C12H17N5OS/c1-17(2)12-16-11(18-3)10(19-12)7-14-6-9-4-5-13-8-15-9/h4-5,8,14H,6-7H2,1-3H3. The summed E-state index contributed by atoms with van der Waals surface area (Å²) in [7, 11) is 5.58. The highest BCUT2D eigenvalue weighted by Crippen LogP contribution is 2.30. The number of nitrogens with zero attached hydrogens (tertiary/aromatic N) is 4. The first-order valence-corrected chi connectivity index (χ1v) is 6.69. The highest BCUT2D eigenvalue weighted by Gasteiger charge is 2.12. The molecule has 6 nitrogen and oxygen atoms in total. The fraction of sp³-hybridized carbons (Fsp3) is 0.417. The fourth-order valence-electron chi connectivity index (χ4n) is 1.52. The Morgan fingerprint density at radius 2 is 2.21 bits per heavy atom. The van der Waals surface area contributed by atoms with Gasteiger partial charge in [-0.3, -0.25) is 0 Å². The van der Waals surface area contributed by atoms with Crippen molar-refractivity contribution in [1.29, 1.82) is 0 Å². The van der Waals surface area contributed by atoms with E-state index in [1.807, 2.05) is 25.1 Å². The second-order valence-corrected chi connectivity index (χ2v) is 5.19. The average Bonchev–Trinajstić information content (AvgIpc) is 2.83. The number of aromatic nitrogens is 3. The van der Waals surface area contributed by atoms with Crippen LogP contribution in [-0.2, 0) is 13.1 Å². The highest BCUT2D eigenvalue weighted by atomic mass is 32.1. The van der Waals surface area contributed by atoms with E-state index < -0.39 is 0 Å². The Hall–Kier alpha value is -1.73. The van der Waals surface area contributed by atoms with Crippen LogP contribution in [0, 0.1) is 0 Å². The largest absolute Gasteiger partial charge is 0.480 e. The van der Waals surface area contributed by atoms with Crippen LogP contribution in [0.2, 0.25) is 0 Å². The molecule has 0 amide bonds. The SMILES string of the molecule is COc1nc(N(C)C)sc1CNCc1ccncn1. The van der Waals surface area contributed by atoms with Crippen molar-refractivity contribution in [1.82, 2.24) is 20.3 Å². The third kappa shape index (κ3) is 3.62. The molecular weight excluding hydrogens is 262 g/mol. The van der Waals surface area contributed by atoms with Gasteiger partial charge in [0.1, 0.15) is 6.33 Å². The molecule has 0 spiro atoms. The first kappa shape index (κ1) is 13.7. The van der Waals surface area contributed by atoms with E-state index in [1.54, 1.807) is 31.0 Å². The Morgan fingerprint density at radius 3 is 2.84 bits per heavy atom. The van der Waals surface area contributed by atoms with Crippen molar-refractivity contribution in [2.75, 3.05) is 26.1 Å². The summed E-state index contributed by atoms with van der Waals surface area (Å²) in [4.78, 5) is 15.5. The van der Waals surface area contributed by atoms with Crippen LogP contribution in [0.1, 0.15) is 10.6 Å². The van der Waals surface area contributed by atoms with Crippen LogP contribution in [-0.4, -0.2) is 36.2 Å². The van der Waals surface area contributed by atoms with Crippen molar-refractivity contribution in [3.8, 4) is 5.88 Å². The molecule has 0 atom stereocenters. The van der Waals surface area contributed by atoms with E-state index in [0.29, 0.717) is 19.0 Å². The summed E-state index contributed by atoms with van der Waals surface area (Å²) in [5.74, 6) is 0.684. The van der Waals surface area contributed by atoms with E-state index in [0.717, 1.165) is 15.7 Å². The van der Waals surface area contributed by atoms with Crippen molar-refractivity contribution in [3.05, 3.63) is 29.2 Å². The first-order valence-electron chi connectivity index (χ1n) is 5.87. The molecule has 0 saturated heterocycles. The molecule has 0 aliphatic rings. The molecule has 0 saturated carbocycles. The van der Waals surface area contributed by atoms with E-state index in [-0.39, 0.29) is 0 Å². The maximum absolute atomic E-state index is 5.29. The second kappa shape index (κ2) is 6.44. The molecule has 0 aliphatic carbocycles. The molecule has 0 bridgehead atoms. The molecule has 0 fully saturated rings. The lowest BCUT2D eigenvalue weighted by molar-refractivity contribution is 0.394. The second-order valence-electron chi connectivity index (χ2n) is 4.13. The Morgan fingerprint density at radius 1 is 1.37 bits per heavy atom. The zero-order valence-electron chi connectivity index (χ0n) is 11.3. The van der Waals surface area contributed by atoms with Crippen LogP contribution in [0.3, 0.4) is 0 Å². The molecule has 7 heteroatoms. The van der Waals surface area contributed by atoms with Crippen molar-refractivity contribution in [2.24, 2.45) is 0 Å². The number of hydrogen-bond acceptors (Lipinski definition) is 7. The third-order valence-corrected chi connectivity index (χ3v) is 3.67. The van der Waals surface area contributed by atoms with E-state index in [4.69, 9.17) is 4.74 Å². The Bertz CT molecular complexity index is 514. The van der Waals surface area contributed by atoms with Gasteiger partial charge in [-0.05, 0) is 6.07 Å². The molecular formula is C12H17N5OS. The molecule has 102 valence electrons. The zero-order chi connectivity index (χ0) is 13.7. The van der Waals surface area contributed by atoms with E-state index >= 15 is 0 Å². The van der Waals surface area contributed by atoms with Crippen LogP contribution < -0.4 is 15.0 Å². The van der Waals surface area contributed by atoms with Gasteiger partial charge in [-0.2, -0.15) is 4.98 Å². The molecule has 1 N–H and O–H groups in total. The maximum Gasteiger partial charge on any atom is 0.230 e. The van der Waals surface area contributed by atoms with Gasteiger partial charge in [-0.25, -0.2) is 9.97 Å². The normalized spacial score (nSPS) is 10.5. The molecule has 0 aliphatic heterocycles. The van der Waals surface area contributed by atoms with Crippen LogP contribution >= 0.6 is 11.3 Å². The van der Waals surface area contributed by atoms with E-state index in [1.165, 1.54) is 0 Å². The molecule has 0 radical (unpaired) electrons. The van der Waals surface area contributed by atoms with Gasteiger partial charge in [0.25, 0.3) is 0 Å². The minimum Gasteiger partial charge on any atom is -0.480 e. The van der Waals surface area contributed by atoms with Crippen LogP contribution in [0.25, 0.3) is 0 Å². The summed E-state index contributed by atoms with van der Waals surface area (Å²) >= 11 is 1.62. The summed E-state index contributed by atoms with van der Waals surface area (Å²) in [5.41, 5.74) is 0.964. The summed E-state index contributed by atoms with van der Waals surface area (Å²) in [6, 6.07) is 1.89. The molecule has 19 heavy (non-hydrogen) atoms. The van der Waals surface area contributed by atoms with Crippen molar-refractivity contribution >= 4 is 16.5 Å².